The standard InChI is InChI=1S/C12H19NOS/c1-15-12(4-5-12)8-13-9-2-3-10(13)7-11(14)6-9/h9-10H,2-8H2,1H3. The van der Waals surface area contributed by atoms with Gasteiger partial charge in [-0.05, 0) is 31.9 Å². The van der Waals surface area contributed by atoms with Gasteiger partial charge in [0.2, 0.25) is 0 Å². The minimum Gasteiger partial charge on any atom is -0.300 e. The number of thioether (sulfide) groups is 1. The Morgan fingerprint density at radius 2 is 1.93 bits per heavy atom. The van der Waals surface area contributed by atoms with Gasteiger partial charge in [-0.25, -0.2) is 0 Å². The third-order valence-electron chi connectivity index (χ3n) is 4.41. The normalized spacial score (nSPS) is 38.3. The summed E-state index contributed by atoms with van der Waals surface area (Å²) in [6, 6.07) is 1.20. The molecule has 3 heteroatoms. The van der Waals surface area contributed by atoms with Gasteiger partial charge >= 0.3 is 0 Å². The molecule has 1 aliphatic carbocycles. The van der Waals surface area contributed by atoms with Crippen molar-refractivity contribution >= 4 is 17.5 Å². The highest BCUT2D eigenvalue weighted by molar-refractivity contribution is 8.00. The molecule has 0 aromatic heterocycles. The van der Waals surface area contributed by atoms with E-state index >= 15 is 0 Å². The second kappa shape index (κ2) is 3.49. The summed E-state index contributed by atoms with van der Waals surface area (Å²) < 4.78 is 0.571. The largest absolute Gasteiger partial charge is 0.300 e. The maximum Gasteiger partial charge on any atom is 0.136 e. The highest BCUT2D eigenvalue weighted by Crippen LogP contribution is 2.49. The predicted molar refractivity (Wildman–Crippen MR) is 63.2 cm³/mol. The van der Waals surface area contributed by atoms with E-state index in [4.69, 9.17) is 0 Å². The number of fused-ring (bicyclic) bond motifs is 2. The number of hydrogen-bond acceptors (Lipinski definition) is 3. The highest BCUT2D eigenvalue weighted by atomic mass is 32.2. The fourth-order valence-electron chi connectivity index (χ4n) is 3.22. The number of nitrogens with zero attached hydrogens (tertiary/aromatic N) is 1. The quantitative estimate of drug-likeness (QED) is 0.733. The molecule has 84 valence electrons. The van der Waals surface area contributed by atoms with E-state index in [0.717, 1.165) is 12.8 Å². The first-order valence-corrected chi connectivity index (χ1v) is 7.27. The SMILES string of the molecule is CSC1(CN2C3CCC2CC(=O)C3)CC1. The first-order chi connectivity index (χ1) is 7.22. The lowest BCUT2D eigenvalue weighted by molar-refractivity contribution is -0.123. The van der Waals surface area contributed by atoms with Gasteiger partial charge in [-0.15, -0.1) is 0 Å². The van der Waals surface area contributed by atoms with Gasteiger partial charge in [-0.1, -0.05) is 0 Å². The number of piperidine rings is 1. The lowest BCUT2D eigenvalue weighted by Crippen LogP contribution is -2.46. The highest BCUT2D eigenvalue weighted by Gasteiger charge is 2.48. The van der Waals surface area contributed by atoms with Crippen molar-refractivity contribution in [2.75, 3.05) is 12.8 Å². The molecule has 0 radical (unpaired) electrons. The van der Waals surface area contributed by atoms with Crippen molar-refractivity contribution in [3.63, 3.8) is 0 Å². The summed E-state index contributed by atoms with van der Waals surface area (Å²) in [7, 11) is 0. The van der Waals surface area contributed by atoms with Gasteiger partial charge in [0.1, 0.15) is 5.78 Å². The Hall–Kier alpha value is -0.0200. The average Bonchev–Trinajstić information content (AvgIpc) is 2.94. The third-order valence-corrected chi connectivity index (χ3v) is 5.81. The number of carbonyl (C=O) groups is 1. The van der Waals surface area contributed by atoms with E-state index in [9.17, 15) is 4.79 Å². The summed E-state index contributed by atoms with van der Waals surface area (Å²) in [4.78, 5) is 14.1. The van der Waals surface area contributed by atoms with E-state index in [-0.39, 0.29) is 0 Å². The minimum atomic E-state index is 0.507. The van der Waals surface area contributed by atoms with Crippen molar-refractivity contribution in [2.45, 2.75) is 55.4 Å². The smallest absolute Gasteiger partial charge is 0.136 e. The van der Waals surface area contributed by atoms with Crippen molar-refractivity contribution in [1.82, 2.24) is 4.90 Å². The lowest BCUT2D eigenvalue weighted by Gasteiger charge is -2.36. The Bertz CT molecular complexity index is 271. The molecule has 0 spiro atoms. The zero-order chi connectivity index (χ0) is 10.5. The molecule has 0 amide bonds. The zero-order valence-electron chi connectivity index (χ0n) is 9.37. The van der Waals surface area contributed by atoms with E-state index in [1.165, 1.54) is 32.2 Å². The van der Waals surface area contributed by atoms with Crippen LogP contribution in [0.5, 0.6) is 0 Å². The van der Waals surface area contributed by atoms with Gasteiger partial charge in [-0.3, -0.25) is 9.69 Å². The molecule has 3 aliphatic rings. The van der Waals surface area contributed by atoms with Crippen molar-refractivity contribution in [2.24, 2.45) is 0 Å². The molecule has 0 aromatic carbocycles. The predicted octanol–water partition coefficient (Wildman–Crippen LogP) is 2.08. The molecule has 0 aromatic rings. The summed E-state index contributed by atoms with van der Waals surface area (Å²) >= 11 is 2.04. The first kappa shape index (κ1) is 10.2. The van der Waals surface area contributed by atoms with Gasteiger partial charge in [0.05, 0.1) is 0 Å². The van der Waals surface area contributed by atoms with Crippen molar-refractivity contribution in [3.8, 4) is 0 Å². The molecule has 2 unspecified atom stereocenters. The second-order valence-corrected chi connectivity index (χ2v) is 6.67. The molecule has 2 saturated heterocycles. The molecule has 2 aliphatic heterocycles. The van der Waals surface area contributed by atoms with Crippen LogP contribution in [0.15, 0.2) is 0 Å². The minimum absolute atomic E-state index is 0.507. The molecule has 2 heterocycles. The third kappa shape index (κ3) is 1.74. The fraction of sp³-hybridized carbons (Fsp3) is 0.917. The summed E-state index contributed by atoms with van der Waals surface area (Å²) in [6.07, 6.45) is 9.21. The van der Waals surface area contributed by atoms with Crippen LogP contribution in [0.2, 0.25) is 0 Å². The fourth-order valence-corrected chi connectivity index (χ4v) is 4.01. The molecule has 2 nitrogen and oxygen atoms in total. The Labute approximate surface area is 95.8 Å². The topological polar surface area (TPSA) is 20.3 Å². The van der Waals surface area contributed by atoms with Crippen LogP contribution < -0.4 is 0 Å². The van der Waals surface area contributed by atoms with E-state index < -0.39 is 0 Å². The van der Waals surface area contributed by atoms with E-state index in [2.05, 4.69) is 11.2 Å². The van der Waals surface area contributed by atoms with Crippen LogP contribution in [0.1, 0.15) is 38.5 Å². The van der Waals surface area contributed by atoms with Crippen LogP contribution >= 0.6 is 11.8 Å². The van der Waals surface area contributed by atoms with Gasteiger partial charge < -0.3 is 0 Å². The number of hydrogen-bond donors (Lipinski definition) is 0. The van der Waals surface area contributed by atoms with Gasteiger partial charge in [0, 0.05) is 36.2 Å². The molecule has 3 fully saturated rings. The Balaban J connectivity index is 1.70. The summed E-state index contributed by atoms with van der Waals surface area (Å²) in [5, 5.41) is 0. The van der Waals surface area contributed by atoms with Crippen molar-refractivity contribution < 1.29 is 4.79 Å². The molecular formula is C12H19NOS. The molecule has 15 heavy (non-hydrogen) atoms. The maximum atomic E-state index is 11.5. The van der Waals surface area contributed by atoms with Crippen LogP contribution in [-0.4, -0.2) is 40.3 Å². The van der Waals surface area contributed by atoms with Crippen LogP contribution in [0.25, 0.3) is 0 Å². The number of carbonyl (C=O) groups excluding carboxylic acids is 1. The summed E-state index contributed by atoms with van der Waals surface area (Å²) in [5.74, 6) is 0.507. The Morgan fingerprint density at radius 1 is 1.33 bits per heavy atom. The maximum absolute atomic E-state index is 11.5. The number of rotatable bonds is 3. The summed E-state index contributed by atoms with van der Waals surface area (Å²) in [6.45, 7) is 1.25. The zero-order valence-corrected chi connectivity index (χ0v) is 10.2. The van der Waals surface area contributed by atoms with E-state index in [0.29, 0.717) is 22.6 Å². The Kier molecular flexibility index (Phi) is 2.36. The molecule has 0 N–H and O–H groups in total. The second-order valence-electron chi connectivity index (χ2n) is 5.39. The van der Waals surface area contributed by atoms with E-state index in [1.54, 1.807) is 0 Å². The molecule has 1 saturated carbocycles. The van der Waals surface area contributed by atoms with Crippen LogP contribution in [-0.2, 0) is 4.79 Å². The van der Waals surface area contributed by atoms with Gasteiger partial charge in [0.25, 0.3) is 0 Å². The molecular weight excluding hydrogens is 206 g/mol. The summed E-state index contributed by atoms with van der Waals surface area (Å²) in [5.41, 5.74) is 0. The van der Waals surface area contributed by atoms with Gasteiger partial charge in [-0.2, -0.15) is 11.8 Å². The van der Waals surface area contributed by atoms with Crippen LogP contribution in [0.3, 0.4) is 0 Å². The van der Waals surface area contributed by atoms with Crippen LogP contribution in [0.4, 0.5) is 0 Å². The van der Waals surface area contributed by atoms with Crippen LogP contribution in [0, 0.1) is 0 Å². The van der Waals surface area contributed by atoms with Crippen molar-refractivity contribution in [1.29, 1.82) is 0 Å². The van der Waals surface area contributed by atoms with E-state index in [1.807, 2.05) is 11.8 Å². The monoisotopic (exact) mass is 225 g/mol. The number of Topliss-reactive ketones (excluding diaryl/α,β-unsaturated/α-hetero) is 1. The number of ketones is 1. The molecule has 2 bridgehead atoms. The molecule has 3 rings (SSSR count). The molecule has 2 atom stereocenters. The average molecular weight is 225 g/mol. The first-order valence-electron chi connectivity index (χ1n) is 6.05. The van der Waals surface area contributed by atoms with Crippen molar-refractivity contribution in [3.05, 3.63) is 0 Å². The van der Waals surface area contributed by atoms with Gasteiger partial charge in [0.15, 0.2) is 0 Å². The lowest BCUT2D eigenvalue weighted by atomic mass is 10.0. The Morgan fingerprint density at radius 3 is 2.40 bits per heavy atom.